The molecule has 0 spiro atoms. The second-order valence-corrected chi connectivity index (χ2v) is 10.1. The number of carbonyl (C=O) groups is 1. The van der Waals surface area contributed by atoms with Crippen LogP contribution in [-0.2, 0) is 4.74 Å². The minimum atomic E-state index is -0.559. The first-order valence-electron chi connectivity index (χ1n) is 9.60. The molecule has 1 aromatic carbocycles. The fraction of sp³-hybridized carbons (Fsp3) is 0.619. The van der Waals surface area contributed by atoms with Crippen LogP contribution in [0.1, 0.15) is 62.7 Å². The smallest absolute Gasteiger partial charge is 0.337 e. The van der Waals surface area contributed by atoms with Crippen molar-refractivity contribution in [2.75, 3.05) is 12.4 Å². The second-order valence-electron chi connectivity index (χ2n) is 9.68. The Morgan fingerprint density at radius 3 is 2.41 bits per heavy atom. The van der Waals surface area contributed by atoms with E-state index in [9.17, 15) is 9.18 Å². The third-order valence-electron chi connectivity index (χ3n) is 6.64. The highest BCUT2D eigenvalue weighted by Gasteiger charge is 2.60. The summed E-state index contributed by atoms with van der Waals surface area (Å²) in [6, 6.07) is 4.23. The van der Waals surface area contributed by atoms with Crippen molar-refractivity contribution in [2.45, 2.75) is 57.9 Å². The highest BCUT2D eigenvalue weighted by Crippen LogP contribution is 2.66. The number of ether oxygens (including phenoxy) is 1. The molecule has 4 saturated carbocycles. The Bertz CT molecular complexity index is 793. The lowest BCUT2D eigenvalue weighted by Gasteiger charge is -2.65. The maximum atomic E-state index is 14.4. The molecule has 146 valence electrons. The fourth-order valence-electron chi connectivity index (χ4n) is 6.84. The van der Waals surface area contributed by atoms with Gasteiger partial charge in [0.25, 0.3) is 0 Å². The Morgan fingerprint density at radius 2 is 1.85 bits per heavy atom. The van der Waals surface area contributed by atoms with Gasteiger partial charge in [0.15, 0.2) is 5.11 Å². The summed E-state index contributed by atoms with van der Waals surface area (Å²) < 4.78 is 19.0. The lowest BCUT2D eigenvalue weighted by atomic mass is 9.43. The maximum absolute atomic E-state index is 14.4. The topological polar surface area (TPSA) is 50.4 Å². The Hall–Kier alpha value is -1.69. The van der Waals surface area contributed by atoms with Gasteiger partial charge in [0.2, 0.25) is 0 Å². The Morgan fingerprint density at radius 1 is 1.19 bits per heavy atom. The molecule has 4 aliphatic carbocycles. The van der Waals surface area contributed by atoms with Crippen LogP contribution in [-0.4, -0.2) is 23.7 Å². The number of hydrogen-bond donors (Lipinski definition) is 2. The van der Waals surface area contributed by atoms with Crippen molar-refractivity contribution in [3.8, 4) is 0 Å². The summed E-state index contributed by atoms with van der Waals surface area (Å²) in [5, 5.41) is 7.00. The number of methoxy groups -OCH3 is 1. The van der Waals surface area contributed by atoms with E-state index in [0.29, 0.717) is 15.9 Å². The number of hydrogen-bond acceptors (Lipinski definition) is 3. The molecule has 4 atom stereocenters. The zero-order chi connectivity index (χ0) is 19.4. The van der Waals surface area contributed by atoms with Crippen molar-refractivity contribution in [2.24, 2.45) is 16.7 Å². The lowest BCUT2D eigenvalue weighted by Crippen LogP contribution is -2.65. The van der Waals surface area contributed by atoms with Gasteiger partial charge < -0.3 is 15.4 Å². The summed E-state index contributed by atoms with van der Waals surface area (Å²) in [5.41, 5.74) is 1.22. The molecule has 27 heavy (non-hydrogen) atoms. The van der Waals surface area contributed by atoms with Crippen LogP contribution >= 0.6 is 12.2 Å². The molecule has 2 N–H and O–H groups in total. The Kier molecular flexibility index (Phi) is 4.26. The zero-order valence-electron chi connectivity index (χ0n) is 16.2. The van der Waals surface area contributed by atoms with Crippen LogP contribution < -0.4 is 10.6 Å². The van der Waals surface area contributed by atoms with Gasteiger partial charge >= 0.3 is 5.97 Å². The number of esters is 1. The first-order chi connectivity index (χ1) is 12.6. The first kappa shape index (κ1) is 18.7. The van der Waals surface area contributed by atoms with Crippen LogP contribution in [0.5, 0.6) is 0 Å². The van der Waals surface area contributed by atoms with Crippen molar-refractivity contribution in [1.82, 2.24) is 5.32 Å². The summed E-state index contributed by atoms with van der Waals surface area (Å²) in [5.74, 6) is -0.328. The number of rotatable bonds is 3. The molecule has 0 aromatic heterocycles. The lowest BCUT2D eigenvalue weighted by molar-refractivity contribution is -0.111. The van der Waals surface area contributed by atoms with Gasteiger partial charge in [-0.25, -0.2) is 9.18 Å². The van der Waals surface area contributed by atoms with Gasteiger partial charge in [0, 0.05) is 5.54 Å². The van der Waals surface area contributed by atoms with E-state index in [4.69, 9.17) is 12.2 Å². The normalized spacial score (nSPS) is 36.4. The van der Waals surface area contributed by atoms with E-state index in [1.807, 2.05) is 0 Å². The minimum Gasteiger partial charge on any atom is -0.465 e. The molecule has 0 aliphatic heterocycles. The monoisotopic (exact) mass is 390 g/mol. The summed E-state index contributed by atoms with van der Waals surface area (Å²) in [6.45, 7) is 4.82. The van der Waals surface area contributed by atoms with Gasteiger partial charge in [-0.2, -0.15) is 0 Å². The summed E-state index contributed by atoms with van der Waals surface area (Å²) >= 11 is 5.53. The average molecular weight is 391 g/mol. The molecule has 2 unspecified atom stereocenters. The number of anilines is 1. The minimum absolute atomic E-state index is 0.00936. The quantitative estimate of drug-likeness (QED) is 0.581. The predicted molar refractivity (Wildman–Crippen MR) is 107 cm³/mol. The van der Waals surface area contributed by atoms with Crippen LogP contribution in [0.4, 0.5) is 10.1 Å². The predicted octanol–water partition coefficient (Wildman–Crippen LogP) is 4.65. The summed E-state index contributed by atoms with van der Waals surface area (Å²) in [6.07, 6.45) is 7.31. The largest absolute Gasteiger partial charge is 0.465 e. The summed E-state index contributed by atoms with van der Waals surface area (Å²) in [7, 11) is 1.28. The molecule has 4 aliphatic rings. The SMILES string of the molecule is COC(=O)c1ccc(NC(=S)NC23CC4C[C@@](C)(C2)C[C@](C)(C4)C3)c(F)c1. The molecule has 1 aromatic rings. The van der Waals surface area contributed by atoms with E-state index in [2.05, 4.69) is 29.2 Å². The van der Waals surface area contributed by atoms with Crippen LogP contribution in [0.3, 0.4) is 0 Å². The van der Waals surface area contributed by atoms with Crippen molar-refractivity contribution >= 4 is 29.0 Å². The molecule has 0 heterocycles. The van der Waals surface area contributed by atoms with Gasteiger partial charge in [0.05, 0.1) is 18.4 Å². The molecule has 6 heteroatoms. The molecule has 5 rings (SSSR count). The molecule has 4 fully saturated rings. The van der Waals surface area contributed by atoms with E-state index in [-0.39, 0.29) is 16.8 Å². The van der Waals surface area contributed by atoms with Gasteiger partial charge in [-0.3, -0.25) is 0 Å². The fourth-order valence-corrected chi connectivity index (χ4v) is 7.17. The van der Waals surface area contributed by atoms with Crippen molar-refractivity contribution in [3.05, 3.63) is 29.6 Å². The second kappa shape index (κ2) is 6.16. The summed E-state index contributed by atoms with van der Waals surface area (Å²) in [4.78, 5) is 11.5. The van der Waals surface area contributed by atoms with Crippen LogP contribution in [0.15, 0.2) is 18.2 Å². The number of nitrogens with one attached hydrogen (secondary N) is 2. The van der Waals surface area contributed by atoms with Crippen molar-refractivity contribution in [3.63, 3.8) is 0 Å². The van der Waals surface area contributed by atoms with E-state index < -0.39 is 11.8 Å². The van der Waals surface area contributed by atoms with E-state index >= 15 is 0 Å². The number of carbonyl (C=O) groups excluding carboxylic acids is 1. The van der Waals surface area contributed by atoms with E-state index in [0.717, 1.165) is 25.2 Å². The van der Waals surface area contributed by atoms with Gasteiger partial charge in [-0.15, -0.1) is 0 Å². The molecule has 0 amide bonds. The maximum Gasteiger partial charge on any atom is 0.337 e. The number of halogens is 1. The van der Waals surface area contributed by atoms with E-state index in [1.54, 1.807) is 0 Å². The van der Waals surface area contributed by atoms with Crippen molar-refractivity contribution < 1.29 is 13.9 Å². The van der Waals surface area contributed by atoms with Crippen LogP contribution in [0.2, 0.25) is 0 Å². The molecular formula is C21H27FN2O2S. The number of thiocarbonyl (C=S) groups is 1. The molecular weight excluding hydrogens is 363 g/mol. The highest BCUT2D eigenvalue weighted by atomic mass is 32.1. The van der Waals surface area contributed by atoms with Crippen LogP contribution in [0, 0.1) is 22.6 Å². The Labute approximate surface area is 165 Å². The van der Waals surface area contributed by atoms with Crippen molar-refractivity contribution in [1.29, 1.82) is 0 Å². The zero-order valence-corrected chi connectivity index (χ0v) is 17.0. The highest BCUT2D eigenvalue weighted by molar-refractivity contribution is 7.80. The molecule has 0 radical (unpaired) electrons. The van der Waals surface area contributed by atoms with Gasteiger partial charge in [-0.1, -0.05) is 13.8 Å². The average Bonchev–Trinajstić information content (AvgIpc) is 2.52. The first-order valence-corrected chi connectivity index (χ1v) is 10.0. The van der Waals surface area contributed by atoms with Gasteiger partial charge in [0.1, 0.15) is 5.82 Å². The third-order valence-corrected chi connectivity index (χ3v) is 6.85. The van der Waals surface area contributed by atoms with Gasteiger partial charge in [-0.05, 0) is 85.7 Å². The Balaban J connectivity index is 1.48. The van der Waals surface area contributed by atoms with Crippen LogP contribution in [0.25, 0.3) is 0 Å². The molecule has 0 saturated heterocycles. The number of benzene rings is 1. The third kappa shape index (κ3) is 3.44. The standard InChI is InChI=1S/C21H27FN2O2S/c1-19-7-13-8-20(2,10-19)12-21(9-13,11-19)24-18(27)23-16-5-4-14(6-15(16)22)17(25)26-3/h4-6,13H,7-12H2,1-3H3,(H2,23,24,27)/t13?,19-,20+,21?. The molecule has 4 bridgehead atoms. The molecule has 4 nitrogen and oxygen atoms in total. The van der Waals surface area contributed by atoms with E-state index in [1.165, 1.54) is 44.6 Å².